The topological polar surface area (TPSA) is 68.3 Å². The molecule has 0 aliphatic carbocycles. The van der Waals surface area contributed by atoms with Crippen LogP contribution in [-0.4, -0.2) is 10.9 Å². The maximum absolute atomic E-state index is 12.3. The smallest absolute Gasteiger partial charge is 0.291 e. The number of carbonyl (C=O) groups is 1. The number of nitrogens with one attached hydrogen (secondary N) is 1. The van der Waals surface area contributed by atoms with Crippen molar-refractivity contribution in [3.8, 4) is 11.5 Å². The Morgan fingerprint density at radius 2 is 1.79 bits per heavy atom. The number of furan rings is 1. The number of carbonyl (C=O) groups excluding carboxylic acids is 1. The van der Waals surface area contributed by atoms with Crippen LogP contribution < -0.4 is 5.32 Å². The predicted molar refractivity (Wildman–Crippen MR) is 111 cm³/mol. The normalized spacial score (nSPS) is 11.2. The Morgan fingerprint density at radius 3 is 2.64 bits per heavy atom. The first kappa shape index (κ1) is 16.8. The zero-order valence-electron chi connectivity index (χ0n) is 14.5. The van der Waals surface area contributed by atoms with Crippen molar-refractivity contribution < 1.29 is 13.6 Å². The highest BCUT2D eigenvalue weighted by molar-refractivity contribution is 9.10. The van der Waals surface area contributed by atoms with E-state index in [0.717, 1.165) is 16.3 Å². The number of amides is 1. The Balaban J connectivity index is 1.51. The van der Waals surface area contributed by atoms with E-state index in [2.05, 4.69) is 38.4 Å². The van der Waals surface area contributed by atoms with Gasteiger partial charge in [0.1, 0.15) is 5.52 Å². The Kier molecular flexibility index (Phi) is 3.98. The lowest BCUT2D eigenvalue weighted by Crippen LogP contribution is -2.10. The molecule has 0 atom stereocenters. The number of fused-ring (bicyclic) bond motifs is 2. The van der Waals surface area contributed by atoms with E-state index < -0.39 is 0 Å². The van der Waals surface area contributed by atoms with Crippen LogP contribution in [0.1, 0.15) is 10.6 Å². The predicted octanol–water partition coefficient (Wildman–Crippen LogP) is 6.26. The van der Waals surface area contributed by atoms with E-state index in [9.17, 15) is 4.79 Å². The lowest BCUT2D eigenvalue weighted by atomic mass is 10.0. The van der Waals surface area contributed by atoms with Crippen molar-refractivity contribution in [2.45, 2.75) is 0 Å². The van der Waals surface area contributed by atoms with E-state index >= 15 is 0 Å². The number of hydrogen-bond donors (Lipinski definition) is 1. The summed E-state index contributed by atoms with van der Waals surface area (Å²) in [6.45, 7) is 0. The summed E-state index contributed by atoms with van der Waals surface area (Å²) < 4.78 is 11.7. The number of nitrogens with zero attached hydrogens (tertiary/aromatic N) is 1. The van der Waals surface area contributed by atoms with Crippen molar-refractivity contribution in [2.75, 3.05) is 5.32 Å². The van der Waals surface area contributed by atoms with Gasteiger partial charge in [-0.3, -0.25) is 4.79 Å². The van der Waals surface area contributed by atoms with Gasteiger partial charge in [0.25, 0.3) is 5.91 Å². The average molecular weight is 433 g/mol. The van der Waals surface area contributed by atoms with E-state index in [1.807, 2.05) is 30.3 Å². The van der Waals surface area contributed by atoms with Crippen LogP contribution in [0.4, 0.5) is 5.69 Å². The molecule has 0 saturated heterocycles. The number of aromatic nitrogens is 1. The van der Waals surface area contributed by atoms with Crippen molar-refractivity contribution in [3.05, 3.63) is 83.2 Å². The third-order valence-corrected chi connectivity index (χ3v) is 4.89. The highest BCUT2D eigenvalue weighted by Gasteiger charge is 2.14. The van der Waals surface area contributed by atoms with Crippen molar-refractivity contribution in [1.29, 1.82) is 0 Å². The van der Waals surface area contributed by atoms with Crippen LogP contribution in [0.2, 0.25) is 0 Å². The van der Waals surface area contributed by atoms with Gasteiger partial charge in [0, 0.05) is 11.3 Å². The number of oxazole rings is 1. The van der Waals surface area contributed by atoms with Gasteiger partial charge in [-0.15, -0.1) is 0 Å². The number of benzene rings is 3. The van der Waals surface area contributed by atoms with E-state index in [0.29, 0.717) is 27.3 Å². The molecule has 2 heterocycles. The molecule has 0 unspecified atom stereocenters. The van der Waals surface area contributed by atoms with E-state index in [-0.39, 0.29) is 11.7 Å². The van der Waals surface area contributed by atoms with Crippen molar-refractivity contribution in [3.63, 3.8) is 0 Å². The molecule has 28 heavy (non-hydrogen) atoms. The van der Waals surface area contributed by atoms with Gasteiger partial charge in [-0.25, -0.2) is 4.98 Å². The summed E-state index contributed by atoms with van der Waals surface area (Å²) >= 11 is 3.19. The molecule has 2 aromatic heterocycles. The zero-order valence-corrected chi connectivity index (χ0v) is 16.1. The quantitative estimate of drug-likeness (QED) is 0.365. The number of halogens is 1. The van der Waals surface area contributed by atoms with Crippen LogP contribution in [0, 0.1) is 0 Å². The molecular weight excluding hydrogens is 420 g/mol. The Morgan fingerprint density at radius 1 is 0.929 bits per heavy atom. The third kappa shape index (κ3) is 2.97. The number of anilines is 1. The Labute approximate surface area is 168 Å². The molecule has 136 valence electrons. The summed E-state index contributed by atoms with van der Waals surface area (Å²) in [6, 6.07) is 22.8. The van der Waals surface area contributed by atoms with Gasteiger partial charge in [-0.1, -0.05) is 36.4 Å². The zero-order chi connectivity index (χ0) is 19.1. The lowest BCUT2D eigenvalue weighted by molar-refractivity contribution is 0.0995. The molecule has 0 aliphatic rings. The van der Waals surface area contributed by atoms with Crippen LogP contribution in [0.15, 0.2) is 86.3 Å². The first-order valence-electron chi connectivity index (χ1n) is 8.63. The van der Waals surface area contributed by atoms with E-state index in [1.54, 1.807) is 30.3 Å². The van der Waals surface area contributed by atoms with Crippen molar-refractivity contribution in [1.82, 2.24) is 4.98 Å². The highest BCUT2D eigenvalue weighted by atomic mass is 79.9. The maximum Gasteiger partial charge on any atom is 0.291 e. The molecule has 0 bridgehead atoms. The molecule has 0 saturated carbocycles. The molecule has 5 nitrogen and oxygen atoms in total. The van der Waals surface area contributed by atoms with Gasteiger partial charge < -0.3 is 14.2 Å². The summed E-state index contributed by atoms with van der Waals surface area (Å²) in [4.78, 5) is 16.9. The Bertz CT molecular complexity index is 1330. The van der Waals surface area contributed by atoms with Crippen LogP contribution >= 0.6 is 15.9 Å². The van der Waals surface area contributed by atoms with Gasteiger partial charge >= 0.3 is 0 Å². The SMILES string of the molecule is O=C(Nc1ccc2oc(-c3cccc4ccccc34)nc2c1)c1ccc(Br)o1. The second kappa shape index (κ2) is 6.65. The third-order valence-electron chi connectivity index (χ3n) is 4.46. The average Bonchev–Trinajstić information content (AvgIpc) is 3.33. The minimum absolute atomic E-state index is 0.226. The molecule has 0 fully saturated rings. The number of hydrogen-bond acceptors (Lipinski definition) is 4. The lowest BCUT2D eigenvalue weighted by Gasteiger charge is -2.02. The van der Waals surface area contributed by atoms with Crippen molar-refractivity contribution >= 4 is 49.4 Å². The molecule has 6 heteroatoms. The van der Waals surface area contributed by atoms with Crippen LogP contribution in [-0.2, 0) is 0 Å². The van der Waals surface area contributed by atoms with Gasteiger partial charge in [0.05, 0.1) is 0 Å². The first-order valence-corrected chi connectivity index (χ1v) is 9.42. The van der Waals surface area contributed by atoms with Gasteiger partial charge in [0.2, 0.25) is 5.89 Å². The first-order chi connectivity index (χ1) is 13.7. The molecule has 5 rings (SSSR count). The Hall–Kier alpha value is -3.38. The molecule has 0 aliphatic heterocycles. The van der Waals surface area contributed by atoms with Crippen LogP contribution in [0.3, 0.4) is 0 Å². The molecular formula is C22H13BrN2O3. The van der Waals surface area contributed by atoms with Crippen LogP contribution in [0.25, 0.3) is 33.3 Å². The standard InChI is InChI=1S/C22H13BrN2O3/c23-20-11-10-19(27-20)21(26)24-14-8-9-18-17(12-14)25-22(28-18)16-7-3-5-13-4-1-2-6-15(13)16/h1-12H,(H,24,26). The fourth-order valence-corrected chi connectivity index (χ4v) is 3.47. The molecule has 3 aromatic carbocycles. The largest absolute Gasteiger partial charge is 0.444 e. The molecule has 0 spiro atoms. The van der Waals surface area contributed by atoms with Gasteiger partial charge in [-0.05, 0) is 63.1 Å². The molecule has 1 N–H and O–H groups in total. The van der Waals surface area contributed by atoms with Crippen LogP contribution in [0.5, 0.6) is 0 Å². The summed E-state index contributed by atoms with van der Waals surface area (Å²) in [7, 11) is 0. The van der Waals surface area contributed by atoms with Gasteiger partial charge in [0.15, 0.2) is 16.0 Å². The van der Waals surface area contributed by atoms with Gasteiger partial charge in [-0.2, -0.15) is 0 Å². The summed E-state index contributed by atoms with van der Waals surface area (Å²) in [5.74, 6) is 0.441. The van der Waals surface area contributed by atoms with E-state index in [1.165, 1.54) is 0 Å². The van der Waals surface area contributed by atoms with Crippen molar-refractivity contribution in [2.24, 2.45) is 0 Å². The maximum atomic E-state index is 12.3. The second-order valence-electron chi connectivity index (χ2n) is 6.29. The summed E-state index contributed by atoms with van der Waals surface area (Å²) in [5.41, 5.74) is 2.87. The second-order valence-corrected chi connectivity index (χ2v) is 7.07. The monoisotopic (exact) mass is 432 g/mol. The minimum atomic E-state index is -0.331. The summed E-state index contributed by atoms with van der Waals surface area (Å²) in [5, 5.41) is 5.01. The molecule has 5 aromatic rings. The fraction of sp³-hybridized carbons (Fsp3) is 0. The summed E-state index contributed by atoms with van der Waals surface area (Å²) in [6.07, 6.45) is 0. The fourth-order valence-electron chi connectivity index (χ4n) is 3.16. The van der Waals surface area contributed by atoms with E-state index in [4.69, 9.17) is 8.83 Å². The number of rotatable bonds is 3. The highest BCUT2D eigenvalue weighted by Crippen LogP contribution is 2.31. The minimum Gasteiger partial charge on any atom is -0.444 e. The molecule has 0 radical (unpaired) electrons. The molecule has 1 amide bonds.